The lowest BCUT2D eigenvalue weighted by atomic mass is 10.0. The predicted octanol–water partition coefficient (Wildman–Crippen LogP) is 3.30. The van der Waals surface area contributed by atoms with Gasteiger partial charge in [-0.05, 0) is 35.8 Å². The molecule has 0 unspecified atom stereocenters. The fourth-order valence-electron chi connectivity index (χ4n) is 2.00. The first-order valence-corrected chi connectivity index (χ1v) is 5.13. The van der Waals surface area contributed by atoms with Gasteiger partial charge in [0.05, 0.1) is 0 Å². The highest BCUT2D eigenvalue weighted by Crippen LogP contribution is 2.41. The Morgan fingerprint density at radius 2 is 1.93 bits per heavy atom. The second-order valence-electron chi connectivity index (χ2n) is 4.10. The van der Waals surface area contributed by atoms with Crippen molar-refractivity contribution >= 4 is 16.5 Å². The third-order valence-electron chi connectivity index (χ3n) is 2.99. The molecule has 1 nitrogen and oxygen atoms in total. The summed E-state index contributed by atoms with van der Waals surface area (Å²) < 4.78 is 0. The molecular weight excluding hydrogens is 170 g/mol. The predicted molar refractivity (Wildman–Crippen MR) is 60.3 cm³/mol. The Bertz CT molecular complexity index is 484. The highest BCUT2D eigenvalue weighted by atomic mass is 14.5. The standard InChI is InChI=1S/C13H13N/c14-13-3-1-2-11-8-10(9-4-5-9)6-7-12(11)13/h1-3,6-9H,4-5,14H2. The van der Waals surface area contributed by atoms with E-state index in [-0.39, 0.29) is 0 Å². The molecule has 1 saturated carbocycles. The molecule has 0 heterocycles. The average Bonchev–Trinajstić information content (AvgIpc) is 3.01. The second-order valence-corrected chi connectivity index (χ2v) is 4.10. The molecule has 3 rings (SSSR count). The van der Waals surface area contributed by atoms with Gasteiger partial charge in [0.25, 0.3) is 0 Å². The molecule has 2 aromatic rings. The quantitative estimate of drug-likeness (QED) is 0.674. The molecule has 1 heteroatoms. The summed E-state index contributed by atoms with van der Waals surface area (Å²) in [6, 6.07) is 12.8. The van der Waals surface area contributed by atoms with Gasteiger partial charge in [-0.1, -0.05) is 30.3 Å². The van der Waals surface area contributed by atoms with E-state index < -0.39 is 0 Å². The van der Waals surface area contributed by atoms with Crippen molar-refractivity contribution in [2.45, 2.75) is 18.8 Å². The summed E-state index contributed by atoms with van der Waals surface area (Å²) in [6.45, 7) is 0. The van der Waals surface area contributed by atoms with E-state index in [9.17, 15) is 0 Å². The summed E-state index contributed by atoms with van der Waals surface area (Å²) in [5.41, 5.74) is 8.25. The monoisotopic (exact) mass is 183 g/mol. The third kappa shape index (κ3) is 1.17. The molecule has 0 bridgehead atoms. The van der Waals surface area contributed by atoms with Gasteiger partial charge in [-0.2, -0.15) is 0 Å². The maximum Gasteiger partial charge on any atom is 0.0393 e. The summed E-state index contributed by atoms with van der Waals surface area (Å²) in [4.78, 5) is 0. The van der Waals surface area contributed by atoms with Crippen molar-refractivity contribution in [3.8, 4) is 0 Å². The number of hydrogen-bond donors (Lipinski definition) is 1. The molecule has 0 amide bonds. The zero-order valence-corrected chi connectivity index (χ0v) is 8.03. The lowest BCUT2D eigenvalue weighted by molar-refractivity contribution is 1.14. The molecule has 0 aromatic heterocycles. The Morgan fingerprint density at radius 1 is 1.07 bits per heavy atom. The summed E-state index contributed by atoms with van der Waals surface area (Å²) >= 11 is 0. The number of fused-ring (bicyclic) bond motifs is 1. The van der Waals surface area contributed by atoms with E-state index in [2.05, 4.69) is 24.3 Å². The Balaban J connectivity index is 2.23. The van der Waals surface area contributed by atoms with E-state index in [1.807, 2.05) is 12.1 Å². The molecule has 0 saturated heterocycles. The Labute approximate surface area is 83.5 Å². The molecule has 0 aliphatic heterocycles. The van der Waals surface area contributed by atoms with Crippen LogP contribution in [0.3, 0.4) is 0 Å². The maximum absolute atomic E-state index is 5.90. The maximum atomic E-state index is 5.90. The Kier molecular flexibility index (Phi) is 1.54. The van der Waals surface area contributed by atoms with Crippen LogP contribution in [0.4, 0.5) is 5.69 Å². The number of hydrogen-bond acceptors (Lipinski definition) is 1. The molecular formula is C13H13N. The first-order valence-electron chi connectivity index (χ1n) is 5.13. The van der Waals surface area contributed by atoms with Crippen LogP contribution in [0, 0.1) is 0 Å². The van der Waals surface area contributed by atoms with Gasteiger partial charge in [0.2, 0.25) is 0 Å². The van der Waals surface area contributed by atoms with E-state index in [4.69, 9.17) is 5.73 Å². The number of rotatable bonds is 1. The summed E-state index contributed by atoms with van der Waals surface area (Å²) in [5, 5.41) is 2.45. The van der Waals surface area contributed by atoms with Crippen LogP contribution in [-0.2, 0) is 0 Å². The normalized spacial score (nSPS) is 16.0. The average molecular weight is 183 g/mol. The minimum Gasteiger partial charge on any atom is -0.398 e. The number of anilines is 1. The van der Waals surface area contributed by atoms with Crippen molar-refractivity contribution in [3.05, 3.63) is 42.0 Å². The van der Waals surface area contributed by atoms with E-state index in [1.165, 1.54) is 29.2 Å². The van der Waals surface area contributed by atoms with Crippen molar-refractivity contribution < 1.29 is 0 Å². The minimum absolute atomic E-state index is 0.820. The van der Waals surface area contributed by atoms with Crippen LogP contribution in [0.2, 0.25) is 0 Å². The van der Waals surface area contributed by atoms with E-state index in [0.29, 0.717) is 0 Å². The Morgan fingerprint density at radius 3 is 2.71 bits per heavy atom. The van der Waals surface area contributed by atoms with Crippen LogP contribution < -0.4 is 5.73 Å². The van der Waals surface area contributed by atoms with Crippen molar-refractivity contribution in [2.75, 3.05) is 5.73 Å². The molecule has 1 aliphatic rings. The van der Waals surface area contributed by atoms with E-state index in [1.54, 1.807) is 0 Å². The molecule has 0 spiro atoms. The van der Waals surface area contributed by atoms with Gasteiger partial charge in [-0.25, -0.2) is 0 Å². The number of nitrogen functional groups attached to an aromatic ring is 1. The second kappa shape index (κ2) is 2.74. The highest BCUT2D eigenvalue weighted by molar-refractivity contribution is 5.93. The lowest BCUT2D eigenvalue weighted by Gasteiger charge is -2.04. The van der Waals surface area contributed by atoms with Gasteiger partial charge in [0.15, 0.2) is 0 Å². The number of benzene rings is 2. The molecule has 70 valence electrons. The van der Waals surface area contributed by atoms with Gasteiger partial charge in [-0.3, -0.25) is 0 Å². The number of nitrogens with two attached hydrogens (primary N) is 1. The lowest BCUT2D eigenvalue weighted by Crippen LogP contribution is -1.87. The van der Waals surface area contributed by atoms with Gasteiger partial charge >= 0.3 is 0 Å². The van der Waals surface area contributed by atoms with Crippen molar-refractivity contribution in [2.24, 2.45) is 0 Å². The highest BCUT2D eigenvalue weighted by Gasteiger charge is 2.23. The zero-order chi connectivity index (χ0) is 9.54. The van der Waals surface area contributed by atoms with Crippen molar-refractivity contribution in [1.82, 2.24) is 0 Å². The largest absolute Gasteiger partial charge is 0.398 e. The fourth-order valence-corrected chi connectivity index (χ4v) is 2.00. The summed E-state index contributed by atoms with van der Waals surface area (Å²) in [7, 11) is 0. The van der Waals surface area contributed by atoms with Crippen LogP contribution in [0.1, 0.15) is 24.3 Å². The van der Waals surface area contributed by atoms with Crippen molar-refractivity contribution in [1.29, 1.82) is 0 Å². The smallest absolute Gasteiger partial charge is 0.0393 e. The summed E-state index contributed by atoms with van der Waals surface area (Å²) in [5.74, 6) is 0.820. The van der Waals surface area contributed by atoms with Gasteiger partial charge < -0.3 is 5.73 Å². The molecule has 2 N–H and O–H groups in total. The minimum atomic E-state index is 0.820. The topological polar surface area (TPSA) is 26.0 Å². The van der Waals surface area contributed by atoms with Gasteiger partial charge in [0, 0.05) is 11.1 Å². The molecule has 2 aromatic carbocycles. The van der Waals surface area contributed by atoms with Crippen LogP contribution in [0.5, 0.6) is 0 Å². The van der Waals surface area contributed by atoms with Crippen molar-refractivity contribution in [3.63, 3.8) is 0 Å². The molecule has 0 atom stereocenters. The van der Waals surface area contributed by atoms with Gasteiger partial charge in [-0.15, -0.1) is 0 Å². The molecule has 1 aliphatic carbocycles. The third-order valence-corrected chi connectivity index (χ3v) is 2.99. The summed E-state index contributed by atoms with van der Waals surface area (Å²) in [6.07, 6.45) is 2.71. The first-order chi connectivity index (χ1) is 6.84. The van der Waals surface area contributed by atoms with Crippen LogP contribution >= 0.6 is 0 Å². The SMILES string of the molecule is Nc1cccc2cc(C3CC3)ccc12. The van der Waals surface area contributed by atoms with E-state index >= 15 is 0 Å². The van der Waals surface area contributed by atoms with Crippen LogP contribution in [-0.4, -0.2) is 0 Å². The molecule has 0 radical (unpaired) electrons. The Hall–Kier alpha value is -1.50. The van der Waals surface area contributed by atoms with Gasteiger partial charge in [0.1, 0.15) is 0 Å². The first kappa shape index (κ1) is 7.86. The molecule has 14 heavy (non-hydrogen) atoms. The van der Waals surface area contributed by atoms with Crippen LogP contribution in [0.15, 0.2) is 36.4 Å². The fraction of sp³-hybridized carbons (Fsp3) is 0.231. The zero-order valence-electron chi connectivity index (χ0n) is 8.03. The molecule has 1 fully saturated rings. The van der Waals surface area contributed by atoms with E-state index in [0.717, 1.165) is 11.6 Å². The van der Waals surface area contributed by atoms with Crippen LogP contribution in [0.25, 0.3) is 10.8 Å².